The van der Waals surface area contributed by atoms with Crippen molar-refractivity contribution >= 4 is 23.3 Å². The third kappa shape index (κ3) is 4.29. The number of benzene rings is 1. The Morgan fingerprint density at radius 2 is 1.76 bits per heavy atom. The average Bonchev–Trinajstić information content (AvgIpc) is 2.76. The summed E-state index contributed by atoms with van der Waals surface area (Å²) in [6, 6.07) is 12.4. The number of hydrogen-bond donors (Lipinski definition) is 1. The minimum atomic E-state index is 0.423. The molecule has 4 rings (SSSR count). The smallest absolute Gasteiger partial charge is 0.247 e. The molecule has 2 aromatic heterocycles. The van der Waals surface area contributed by atoms with E-state index < -0.39 is 0 Å². The molecule has 0 amide bonds. The first-order valence-corrected chi connectivity index (χ1v) is 10.1. The molecule has 3 heterocycles. The summed E-state index contributed by atoms with van der Waals surface area (Å²) in [5, 5.41) is 11.9. The maximum absolute atomic E-state index is 4.74. The summed E-state index contributed by atoms with van der Waals surface area (Å²) in [6.45, 7) is 9.95. The quantitative estimate of drug-likeness (QED) is 0.712. The number of hydrogen-bond acceptors (Lipinski definition) is 7. The molecule has 0 saturated carbocycles. The zero-order chi connectivity index (χ0) is 20.2. The maximum Gasteiger partial charge on any atom is 0.247 e. The molecular formula is C22H27N7. The van der Waals surface area contributed by atoms with Crippen molar-refractivity contribution < 1.29 is 0 Å². The molecular weight excluding hydrogens is 362 g/mol. The molecule has 3 aromatic rings. The van der Waals surface area contributed by atoms with Gasteiger partial charge < -0.3 is 15.1 Å². The summed E-state index contributed by atoms with van der Waals surface area (Å²) in [4.78, 5) is 13.6. The molecule has 0 bridgehead atoms. The Labute approximate surface area is 171 Å². The van der Waals surface area contributed by atoms with E-state index in [0.29, 0.717) is 11.9 Å². The first kappa shape index (κ1) is 19.1. The van der Waals surface area contributed by atoms with E-state index in [2.05, 4.69) is 69.3 Å². The molecule has 0 spiro atoms. The predicted octanol–water partition coefficient (Wildman–Crippen LogP) is 3.77. The van der Waals surface area contributed by atoms with Crippen LogP contribution in [0.5, 0.6) is 0 Å². The Balaban J connectivity index is 1.48. The molecule has 1 aromatic carbocycles. The van der Waals surface area contributed by atoms with Crippen LogP contribution in [0.2, 0.25) is 0 Å². The van der Waals surface area contributed by atoms with Crippen molar-refractivity contribution in [1.82, 2.24) is 20.2 Å². The summed E-state index contributed by atoms with van der Waals surface area (Å²) in [6.07, 6.45) is 3.52. The number of aromatic nitrogens is 4. The number of piperazine rings is 1. The number of nitrogens with zero attached hydrogens (tertiary/aromatic N) is 6. The summed E-state index contributed by atoms with van der Waals surface area (Å²) in [7, 11) is 0. The summed E-state index contributed by atoms with van der Waals surface area (Å²) in [5.74, 6) is 2.82. The fourth-order valence-electron chi connectivity index (χ4n) is 3.64. The summed E-state index contributed by atoms with van der Waals surface area (Å²) in [5.41, 5.74) is 3.57. The summed E-state index contributed by atoms with van der Waals surface area (Å²) < 4.78 is 0. The van der Waals surface area contributed by atoms with Crippen LogP contribution >= 0.6 is 0 Å². The van der Waals surface area contributed by atoms with E-state index in [-0.39, 0.29) is 0 Å². The van der Waals surface area contributed by atoms with Gasteiger partial charge in [-0.05, 0) is 36.1 Å². The SMILES string of the molecule is Cc1cccc(C(C)C)c1Nc1cnnc(N2CCN(c3ccccn3)CC2)n1. The molecule has 0 atom stereocenters. The summed E-state index contributed by atoms with van der Waals surface area (Å²) >= 11 is 0. The highest BCUT2D eigenvalue weighted by molar-refractivity contribution is 5.65. The zero-order valence-corrected chi connectivity index (χ0v) is 17.2. The van der Waals surface area contributed by atoms with Crippen molar-refractivity contribution in [3.8, 4) is 0 Å². The lowest BCUT2D eigenvalue weighted by molar-refractivity contribution is 0.630. The molecule has 0 unspecified atom stereocenters. The van der Waals surface area contributed by atoms with Crippen molar-refractivity contribution in [1.29, 1.82) is 0 Å². The Morgan fingerprint density at radius 3 is 2.48 bits per heavy atom. The minimum Gasteiger partial charge on any atom is -0.353 e. The van der Waals surface area contributed by atoms with E-state index in [9.17, 15) is 0 Å². The molecule has 29 heavy (non-hydrogen) atoms. The van der Waals surface area contributed by atoms with Crippen LogP contribution in [0.15, 0.2) is 48.8 Å². The number of pyridine rings is 1. The van der Waals surface area contributed by atoms with Crippen molar-refractivity contribution in [2.24, 2.45) is 0 Å². The lowest BCUT2D eigenvalue weighted by atomic mass is 9.98. The minimum absolute atomic E-state index is 0.423. The molecule has 1 aliphatic rings. The highest BCUT2D eigenvalue weighted by Gasteiger charge is 2.20. The van der Waals surface area contributed by atoms with Crippen molar-refractivity contribution in [2.45, 2.75) is 26.7 Å². The molecule has 7 nitrogen and oxygen atoms in total. The standard InChI is InChI=1S/C22H27N7/c1-16(2)18-8-6-7-17(3)21(18)25-19-15-24-27-22(26-19)29-13-11-28(12-14-29)20-9-4-5-10-23-20/h4-10,15-16H,11-14H2,1-3H3,(H,25,26,27). The fraction of sp³-hybridized carbons (Fsp3) is 0.364. The Bertz CT molecular complexity index is 950. The van der Waals surface area contributed by atoms with Crippen LogP contribution in [0.1, 0.15) is 30.9 Å². The van der Waals surface area contributed by atoms with Crippen LogP contribution in [0.3, 0.4) is 0 Å². The topological polar surface area (TPSA) is 70.1 Å². The first-order valence-electron chi connectivity index (χ1n) is 10.1. The van der Waals surface area contributed by atoms with Gasteiger partial charge in [-0.25, -0.2) is 4.98 Å². The van der Waals surface area contributed by atoms with Crippen LogP contribution in [0.25, 0.3) is 0 Å². The van der Waals surface area contributed by atoms with Gasteiger partial charge in [0.1, 0.15) is 5.82 Å². The van der Waals surface area contributed by atoms with E-state index in [0.717, 1.165) is 43.5 Å². The van der Waals surface area contributed by atoms with Crippen molar-refractivity contribution in [3.05, 3.63) is 59.9 Å². The zero-order valence-electron chi connectivity index (χ0n) is 17.2. The second-order valence-corrected chi connectivity index (χ2v) is 7.62. The number of anilines is 4. The fourth-order valence-corrected chi connectivity index (χ4v) is 3.64. The Hall–Kier alpha value is -3.22. The number of aryl methyl sites for hydroxylation is 1. The molecule has 0 radical (unpaired) electrons. The van der Waals surface area contributed by atoms with Crippen molar-refractivity contribution in [2.75, 3.05) is 41.3 Å². The largest absolute Gasteiger partial charge is 0.353 e. The van der Waals surface area contributed by atoms with Gasteiger partial charge in [-0.15, -0.1) is 5.10 Å². The first-order chi connectivity index (χ1) is 14.1. The monoisotopic (exact) mass is 389 g/mol. The Kier molecular flexibility index (Phi) is 5.55. The molecule has 0 aliphatic carbocycles. The third-order valence-electron chi connectivity index (χ3n) is 5.26. The van der Waals surface area contributed by atoms with Gasteiger partial charge in [0.05, 0.1) is 6.20 Å². The van der Waals surface area contributed by atoms with Gasteiger partial charge in [-0.3, -0.25) is 0 Å². The van der Waals surface area contributed by atoms with E-state index >= 15 is 0 Å². The van der Waals surface area contributed by atoms with Gasteiger partial charge in [-0.2, -0.15) is 10.1 Å². The third-order valence-corrected chi connectivity index (χ3v) is 5.26. The van der Waals surface area contributed by atoms with Gasteiger partial charge in [0.2, 0.25) is 5.95 Å². The average molecular weight is 390 g/mol. The lowest BCUT2D eigenvalue weighted by Crippen LogP contribution is -2.47. The van der Waals surface area contributed by atoms with Gasteiger partial charge in [0, 0.05) is 38.1 Å². The van der Waals surface area contributed by atoms with Crippen LogP contribution in [-0.2, 0) is 0 Å². The highest BCUT2D eigenvalue weighted by atomic mass is 15.4. The van der Waals surface area contributed by atoms with Crippen LogP contribution < -0.4 is 15.1 Å². The van der Waals surface area contributed by atoms with E-state index in [4.69, 9.17) is 4.98 Å². The van der Waals surface area contributed by atoms with Crippen LogP contribution in [-0.4, -0.2) is 46.3 Å². The second kappa shape index (κ2) is 8.43. The lowest BCUT2D eigenvalue weighted by Gasteiger charge is -2.35. The van der Waals surface area contributed by atoms with E-state index in [1.54, 1.807) is 6.20 Å². The van der Waals surface area contributed by atoms with Crippen LogP contribution in [0.4, 0.5) is 23.3 Å². The molecule has 1 fully saturated rings. The number of para-hydroxylation sites is 1. The molecule has 1 aliphatic heterocycles. The number of nitrogens with one attached hydrogen (secondary N) is 1. The number of rotatable bonds is 5. The van der Waals surface area contributed by atoms with Gasteiger partial charge in [0.25, 0.3) is 0 Å². The van der Waals surface area contributed by atoms with Gasteiger partial charge >= 0.3 is 0 Å². The van der Waals surface area contributed by atoms with E-state index in [1.165, 1.54) is 11.1 Å². The normalized spacial score (nSPS) is 14.3. The van der Waals surface area contributed by atoms with Crippen molar-refractivity contribution in [3.63, 3.8) is 0 Å². The van der Waals surface area contributed by atoms with E-state index in [1.807, 2.05) is 24.4 Å². The Morgan fingerprint density at radius 1 is 0.966 bits per heavy atom. The predicted molar refractivity (Wildman–Crippen MR) is 117 cm³/mol. The molecule has 1 N–H and O–H groups in total. The van der Waals surface area contributed by atoms with Gasteiger partial charge in [0.15, 0.2) is 5.82 Å². The molecule has 1 saturated heterocycles. The maximum atomic E-state index is 4.74. The molecule has 150 valence electrons. The van der Waals surface area contributed by atoms with Gasteiger partial charge in [-0.1, -0.05) is 38.1 Å². The highest BCUT2D eigenvalue weighted by Crippen LogP contribution is 2.29. The second-order valence-electron chi connectivity index (χ2n) is 7.62. The molecule has 7 heteroatoms. The van der Waals surface area contributed by atoms with Crippen LogP contribution in [0, 0.1) is 6.92 Å².